The minimum Gasteiger partial charge on any atom is -0.497 e. The minimum atomic E-state index is -0.143. The Morgan fingerprint density at radius 2 is 1.59 bits per heavy atom. The van der Waals surface area contributed by atoms with Gasteiger partial charge in [-0.1, -0.05) is 0 Å². The molecule has 2 saturated heterocycles. The summed E-state index contributed by atoms with van der Waals surface area (Å²) in [7, 11) is 1.64. The molecule has 8 heteroatoms. The lowest BCUT2D eigenvalue weighted by Crippen LogP contribution is -2.50. The molecule has 1 aromatic carbocycles. The molecule has 0 unspecified atom stereocenters. The van der Waals surface area contributed by atoms with Crippen molar-refractivity contribution < 1.29 is 19.1 Å². The molecule has 0 aliphatic carbocycles. The summed E-state index contributed by atoms with van der Waals surface area (Å²) in [6, 6.07) is 7.89. The average Bonchev–Trinajstić information content (AvgIpc) is 2.72. The van der Waals surface area contributed by atoms with Crippen molar-refractivity contribution in [1.29, 1.82) is 0 Å². The molecule has 2 aliphatic rings. The Morgan fingerprint density at radius 3 is 2.19 bits per heavy atom. The van der Waals surface area contributed by atoms with E-state index in [1.165, 1.54) is 4.90 Å². The van der Waals surface area contributed by atoms with Crippen LogP contribution in [0.25, 0.3) is 0 Å². The third-order valence-electron chi connectivity index (χ3n) is 5.01. The van der Waals surface area contributed by atoms with Crippen LogP contribution in [0, 0.1) is 0 Å². The van der Waals surface area contributed by atoms with E-state index in [-0.39, 0.29) is 37.1 Å². The highest BCUT2D eigenvalue weighted by molar-refractivity contribution is 5.88. The zero-order valence-electron chi connectivity index (χ0n) is 15.6. The topological polar surface area (TPSA) is 82.2 Å². The van der Waals surface area contributed by atoms with Crippen LogP contribution in [-0.4, -0.2) is 80.4 Å². The van der Waals surface area contributed by atoms with E-state index in [2.05, 4.69) is 10.2 Å². The number of hydrogen-bond acceptors (Lipinski definition) is 5. The summed E-state index contributed by atoms with van der Waals surface area (Å²) in [5.41, 5.74) is 1.11. The van der Waals surface area contributed by atoms with Gasteiger partial charge in [-0.15, -0.1) is 0 Å². The van der Waals surface area contributed by atoms with Crippen LogP contribution in [0.1, 0.15) is 12.8 Å². The van der Waals surface area contributed by atoms with E-state index < -0.39 is 0 Å². The lowest BCUT2D eigenvalue weighted by molar-refractivity contribution is -0.140. The van der Waals surface area contributed by atoms with Crippen LogP contribution in [0.4, 0.5) is 5.69 Å². The number of nitrogens with one attached hydrogen (secondary N) is 1. The molecule has 2 aliphatic heterocycles. The number of carbonyl (C=O) groups is 3. The van der Waals surface area contributed by atoms with Gasteiger partial charge in [-0.25, -0.2) is 0 Å². The Balaban J connectivity index is 1.42. The molecule has 2 fully saturated rings. The molecule has 0 atom stereocenters. The molecule has 0 bridgehead atoms. The molecular weight excluding hydrogens is 348 g/mol. The average molecular weight is 374 g/mol. The third kappa shape index (κ3) is 4.90. The molecule has 146 valence electrons. The fraction of sp³-hybridized carbons (Fsp3) is 0.526. The second kappa shape index (κ2) is 8.75. The summed E-state index contributed by atoms with van der Waals surface area (Å²) in [6.45, 7) is 3.89. The summed E-state index contributed by atoms with van der Waals surface area (Å²) in [5, 5.41) is 2.69. The van der Waals surface area contributed by atoms with Gasteiger partial charge in [0.05, 0.1) is 13.7 Å². The number of methoxy groups -OCH3 is 1. The molecule has 0 radical (unpaired) electrons. The fourth-order valence-electron chi connectivity index (χ4n) is 3.39. The second-order valence-corrected chi connectivity index (χ2v) is 6.73. The number of amides is 3. The van der Waals surface area contributed by atoms with Gasteiger partial charge >= 0.3 is 0 Å². The molecule has 1 aromatic rings. The quantitative estimate of drug-likeness (QED) is 0.790. The van der Waals surface area contributed by atoms with Crippen LogP contribution in [0.3, 0.4) is 0 Å². The Bertz CT molecular complexity index is 683. The Kier molecular flexibility index (Phi) is 6.16. The highest BCUT2D eigenvalue weighted by Crippen LogP contribution is 2.20. The Labute approximate surface area is 159 Å². The molecular formula is C19H26N4O4. The first-order valence-electron chi connectivity index (χ1n) is 9.28. The van der Waals surface area contributed by atoms with Gasteiger partial charge in [0.15, 0.2) is 0 Å². The van der Waals surface area contributed by atoms with Crippen LogP contribution in [0.5, 0.6) is 5.75 Å². The smallest absolute Gasteiger partial charge is 0.239 e. The number of hydrogen-bond donors (Lipinski definition) is 1. The number of ether oxygens (including phenoxy) is 1. The predicted octanol–water partition coefficient (Wildman–Crippen LogP) is 0.0824. The molecule has 1 N–H and O–H groups in total. The van der Waals surface area contributed by atoms with E-state index in [1.54, 1.807) is 7.11 Å². The normalized spacial score (nSPS) is 17.5. The van der Waals surface area contributed by atoms with Gasteiger partial charge in [-0.3, -0.25) is 14.4 Å². The lowest BCUT2D eigenvalue weighted by atomic mass is 10.2. The molecule has 8 nitrogen and oxygen atoms in total. The maximum atomic E-state index is 12.4. The van der Waals surface area contributed by atoms with Crippen molar-refractivity contribution in [3.63, 3.8) is 0 Å². The number of piperazine rings is 2. The largest absolute Gasteiger partial charge is 0.497 e. The van der Waals surface area contributed by atoms with Gasteiger partial charge in [-0.05, 0) is 24.3 Å². The van der Waals surface area contributed by atoms with Crippen molar-refractivity contribution in [3.05, 3.63) is 24.3 Å². The van der Waals surface area contributed by atoms with E-state index in [4.69, 9.17) is 4.74 Å². The molecule has 2 heterocycles. The molecule has 3 amide bonds. The summed E-state index contributed by atoms with van der Waals surface area (Å²) in [6.07, 6.45) is 0.351. The van der Waals surface area contributed by atoms with Gasteiger partial charge in [-0.2, -0.15) is 0 Å². The van der Waals surface area contributed by atoms with Crippen molar-refractivity contribution in [3.8, 4) is 5.75 Å². The zero-order valence-corrected chi connectivity index (χ0v) is 15.6. The van der Waals surface area contributed by atoms with Crippen LogP contribution in [-0.2, 0) is 14.4 Å². The monoisotopic (exact) mass is 374 g/mol. The highest BCUT2D eigenvalue weighted by atomic mass is 16.5. The first-order chi connectivity index (χ1) is 13.1. The number of benzene rings is 1. The lowest BCUT2D eigenvalue weighted by Gasteiger charge is -2.36. The van der Waals surface area contributed by atoms with Gasteiger partial charge < -0.3 is 24.8 Å². The number of rotatable bonds is 5. The number of carbonyl (C=O) groups excluding carboxylic acids is 3. The Hall–Kier alpha value is -2.77. The highest BCUT2D eigenvalue weighted by Gasteiger charge is 2.24. The van der Waals surface area contributed by atoms with E-state index >= 15 is 0 Å². The molecule has 0 spiro atoms. The van der Waals surface area contributed by atoms with Gasteiger partial charge in [0.1, 0.15) is 5.75 Å². The van der Waals surface area contributed by atoms with Gasteiger partial charge in [0, 0.05) is 57.8 Å². The SMILES string of the molecule is COc1ccc(N2CCN(C(=O)CCC(=O)N3CCNC(=O)C3)CC2)cc1. The van der Waals surface area contributed by atoms with Crippen molar-refractivity contribution in [2.45, 2.75) is 12.8 Å². The number of anilines is 1. The first kappa shape index (κ1) is 19.0. The van der Waals surface area contributed by atoms with Crippen molar-refractivity contribution >= 4 is 23.4 Å². The minimum absolute atomic E-state index is 0.000748. The van der Waals surface area contributed by atoms with Crippen molar-refractivity contribution in [2.24, 2.45) is 0 Å². The van der Waals surface area contributed by atoms with E-state index in [0.29, 0.717) is 26.2 Å². The Morgan fingerprint density at radius 1 is 0.963 bits per heavy atom. The predicted molar refractivity (Wildman–Crippen MR) is 101 cm³/mol. The number of nitrogens with zero attached hydrogens (tertiary/aromatic N) is 3. The third-order valence-corrected chi connectivity index (χ3v) is 5.01. The standard InChI is InChI=1S/C19H26N4O4/c1-27-16-4-2-15(3-5-16)21-10-12-22(13-11-21)18(25)6-7-19(26)23-9-8-20-17(24)14-23/h2-5H,6-14H2,1H3,(H,20,24). The molecule has 27 heavy (non-hydrogen) atoms. The van der Waals surface area contributed by atoms with Crippen LogP contribution in [0.2, 0.25) is 0 Å². The second-order valence-electron chi connectivity index (χ2n) is 6.73. The van der Waals surface area contributed by atoms with Crippen LogP contribution >= 0.6 is 0 Å². The summed E-state index contributed by atoms with van der Waals surface area (Å²) < 4.78 is 5.18. The van der Waals surface area contributed by atoms with E-state index in [9.17, 15) is 14.4 Å². The van der Waals surface area contributed by atoms with Gasteiger partial charge in [0.25, 0.3) is 0 Å². The summed E-state index contributed by atoms with van der Waals surface area (Å²) in [4.78, 5) is 41.5. The molecule has 0 aromatic heterocycles. The summed E-state index contributed by atoms with van der Waals surface area (Å²) in [5.74, 6) is 0.549. The van der Waals surface area contributed by atoms with E-state index in [1.807, 2.05) is 29.2 Å². The first-order valence-corrected chi connectivity index (χ1v) is 9.28. The fourth-order valence-corrected chi connectivity index (χ4v) is 3.39. The van der Waals surface area contributed by atoms with Crippen molar-refractivity contribution in [1.82, 2.24) is 15.1 Å². The molecule has 0 saturated carbocycles. The van der Waals surface area contributed by atoms with Crippen molar-refractivity contribution in [2.75, 3.05) is 57.8 Å². The zero-order chi connectivity index (χ0) is 19.2. The van der Waals surface area contributed by atoms with E-state index in [0.717, 1.165) is 24.5 Å². The summed E-state index contributed by atoms with van der Waals surface area (Å²) >= 11 is 0. The molecule has 3 rings (SSSR count). The maximum Gasteiger partial charge on any atom is 0.239 e. The van der Waals surface area contributed by atoms with Crippen LogP contribution < -0.4 is 15.0 Å². The maximum absolute atomic E-state index is 12.4. The van der Waals surface area contributed by atoms with Crippen LogP contribution in [0.15, 0.2) is 24.3 Å². The van der Waals surface area contributed by atoms with Gasteiger partial charge in [0.2, 0.25) is 17.7 Å².